The summed E-state index contributed by atoms with van der Waals surface area (Å²) < 4.78 is 46.9. The predicted molar refractivity (Wildman–Crippen MR) is 137 cm³/mol. The maximum Gasteiger partial charge on any atom is 0.573 e. The zero-order valence-electron chi connectivity index (χ0n) is 21.5. The molecule has 10 heteroatoms. The van der Waals surface area contributed by atoms with Crippen LogP contribution in [0.15, 0.2) is 82.2 Å². The summed E-state index contributed by atoms with van der Waals surface area (Å²) in [4.78, 5) is 39.6. The lowest BCUT2D eigenvalue weighted by Crippen LogP contribution is -2.52. The van der Waals surface area contributed by atoms with E-state index in [0.29, 0.717) is 17.3 Å². The van der Waals surface area contributed by atoms with Crippen LogP contribution in [0.2, 0.25) is 0 Å². The summed E-state index contributed by atoms with van der Waals surface area (Å²) in [7, 11) is 0. The summed E-state index contributed by atoms with van der Waals surface area (Å²) in [5.41, 5.74) is -0.131. The summed E-state index contributed by atoms with van der Waals surface area (Å²) in [5.74, 6) is -2.52. The zero-order chi connectivity index (χ0) is 28.4. The minimum Gasteiger partial charge on any atom is -0.443 e. The van der Waals surface area contributed by atoms with Gasteiger partial charge in [0.25, 0.3) is 0 Å². The maximum atomic E-state index is 13.4. The number of hydrogen-bond donors (Lipinski definition) is 0. The quantitative estimate of drug-likeness (QED) is 0.214. The Hall–Kier alpha value is -3.59. The number of carbonyl (C=O) groups is 3. The molecule has 0 unspecified atom stereocenters. The van der Waals surface area contributed by atoms with Crippen LogP contribution < -0.4 is 9.64 Å². The second-order valence-corrected chi connectivity index (χ2v) is 9.54. The summed E-state index contributed by atoms with van der Waals surface area (Å²) in [6.07, 6.45) is 4.73. The lowest BCUT2D eigenvalue weighted by Gasteiger charge is -2.35. The fraction of sp³-hybridized carbons (Fsp3) is 0.321. The van der Waals surface area contributed by atoms with Crippen LogP contribution in [0.25, 0.3) is 0 Å². The Bertz CT molecular complexity index is 1300. The van der Waals surface area contributed by atoms with Crippen molar-refractivity contribution in [1.82, 2.24) is 0 Å². The molecule has 2 aliphatic rings. The molecule has 0 spiro atoms. The summed E-state index contributed by atoms with van der Waals surface area (Å²) in [6.45, 7) is 8.31. The molecule has 0 saturated heterocycles. The molecule has 1 aromatic carbocycles. The highest BCUT2D eigenvalue weighted by Crippen LogP contribution is 2.41. The monoisotopic (exact) mass is 549 g/mol. The Kier molecular flexibility index (Phi) is 8.41. The summed E-state index contributed by atoms with van der Waals surface area (Å²) in [6, 6.07) is 5.07. The molecule has 1 aromatic rings. The number of Topliss-reactive ketones (excluding diaryl/α,β-unsaturated/α-hetero) is 2. The number of carbonyl (C=O) groups excluding carboxylic acids is 3. The second-order valence-electron chi connectivity index (χ2n) is 9.17. The molecule has 2 atom stereocenters. The van der Waals surface area contributed by atoms with Crippen molar-refractivity contribution < 1.29 is 37.0 Å². The molecule has 0 bridgehead atoms. The third-order valence-corrected chi connectivity index (χ3v) is 6.45. The molecule has 0 amide bonds. The topological polar surface area (TPSA) is 72.9 Å². The van der Waals surface area contributed by atoms with E-state index in [2.05, 4.69) is 24.7 Å². The fourth-order valence-corrected chi connectivity index (χ4v) is 4.34. The van der Waals surface area contributed by atoms with Crippen molar-refractivity contribution in [1.29, 1.82) is 0 Å². The smallest absolute Gasteiger partial charge is 0.443 e. The highest BCUT2D eigenvalue weighted by Gasteiger charge is 2.52. The van der Waals surface area contributed by atoms with E-state index in [4.69, 9.17) is 16.3 Å². The molecule has 1 aliphatic heterocycles. The van der Waals surface area contributed by atoms with Gasteiger partial charge in [0.05, 0.1) is 5.03 Å². The number of alkyl halides is 3. The van der Waals surface area contributed by atoms with Crippen molar-refractivity contribution in [2.45, 2.75) is 53.0 Å². The standard InChI is InChI=1S/C28H27ClF3NO5/c1-6-16(2)13-17(3)7-8-20-14-22-23(25(35)27(5,37-18(4)34)26(36)24(22)29)15-33(20)19-9-11-21(12-10-19)38-28(30,31)32/h7-16H,6H2,1-5H3/b8-7+,17-13+/t16-,27+/m0/s1. The van der Waals surface area contributed by atoms with Gasteiger partial charge in [-0.3, -0.25) is 14.4 Å². The van der Waals surface area contributed by atoms with Gasteiger partial charge >= 0.3 is 12.3 Å². The van der Waals surface area contributed by atoms with Gasteiger partial charge in [-0.1, -0.05) is 49.6 Å². The predicted octanol–water partition coefficient (Wildman–Crippen LogP) is 6.69. The van der Waals surface area contributed by atoms with Crippen molar-refractivity contribution in [2.24, 2.45) is 5.92 Å². The van der Waals surface area contributed by atoms with E-state index in [9.17, 15) is 27.6 Å². The number of halogens is 4. The van der Waals surface area contributed by atoms with Gasteiger partial charge in [0.15, 0.2) is 0 Å². The number of allylic oxidation sites excluding steroid dienone is 6. The molecule has 0 radical (unpaired) electrons. The van der Waals surface area contributed by atoms with E-state index in [-0.39, 0.29) is 16.2 Å². The van der Waals surface area contributed by atoms with Crippen LogP contribution in [0.3, 0.4) is 0 Å². The van der Waals surface area contributed by atoms with E-state index in [0.717, 1.165) is 31.1 Å². The summed E-state index contributed by atoms with van der Waals surface area (Å²) in [5, 5.41) is -0.272. The van der Waals surface area contributed by atoms with Gasteiger partial charge < -0.3 is 14.4 Å². The largest absolute Gasteiger partial charge is 0.573 e. The Balaban J connectivity index is 2.14. The van der Waals surface area contributed by atoms with Crippen LogP contribution in [-0.4, -0.2) is 29.5 Å². The molecule has 0 fully saturated rings. The normalized spacial score (nSPS) is 21.3. The second kappa shape index (κ2) is 11.0. The number of rotatable bonds is 7. The Morgan fingerprint density at radius 1 is 1.16 bits per heavy atom. The molecule has 1 heterocycles. The van der Waals surface area contributed by atoms with Crippen molar-refractivity contribution in [3.8, 4) is 5.75 Å². The van der Waals surface area contributed by atoms with Gasteiger partial charge in [0.1, 0.15) is 5.75 Å². The molecule has 6 nitrogen and oxygen atoms in total. The molecule has 202 valence electrons. The van der Waals surface area contributed by atoms with E-state index < -0.39 is 35.2 Å². The molecule has 0 saturated carbocycles. The number of ether oxygens (including phenoxy) is 2. The average Bonchev–Trinajstić information content (AvgIpc) is 2.83. The van der Waals surface area contributed by atoms with Gasteiger partial charge in [-0.15, -0.1) is 13.2 Å². The van der Waals surface area contributed by atoms with Crippen LogP contribution in [-0.2, 0) is 19.1 Å². The fourth-order valence-electron chi connectivity index (χ4n) is 4.00. The number of hydrogen-bond acceptors (Lipinski definition) is 6. The molecule has 1 aliphatic carbocycles. The van der Waals surface area contributed by atoms with Gasteiger partial charge in [-0.25, -0.2) is 0 Å². The third kappa shape index (κ3) is 6.27. The van der Waals surface area contributed by atoms with Crippen molar-refractivity contribution in [2.75, 3.05) is 4.90 Å². The van der Waals surface area contributed by atoms with Crippen molar-refractivity contribution >= 4 is 34.8 Å². The first-order valence-corrected chi connectivity index (χ1v) is 12.2. The Labute approximate surface area is 223 Å². The zero-order valence-corrected chi connectivity index (χ0v) is 22.2. The molecule has 3 rings (SSSR count). The van der Waals surface area contributed by atoms with Gasteiger partial charge in [0.2, 0.25) is 17.2 Å². The van der Waals surface area contributed by atoms with E-state index in [1.807, 2.05) is 13.0 Å². The average molecular weight is 550 g/mol. The minimum atomic E-state index is -4.85. The van der Waals surface area contributed by atoms with Crippen LogP contribution in [0.4, 0.5) is 18.9 Å². The minimum absolute atomic E-state index is 0.0120. The highest BCUT2D eigenvalue weighted by molar-refractivity contribution is 6.49. The number of benzene rings is 1. The van der Waals surface area contributed by atoms with Gasteiger partial charge in [0, 0.05) is 35.7 Å². The van der Waals surface area contributed by atoms with E-state index >= 15 is 0 Å². The molecular weight excluding hydrogens is 523 g/mol. The van der Waals surface area contributed by atoms with Crippen molar-refractivity contribution in [3.05, 3.63) is 82.2 Å². The molecule has 0 aromatic heterocycles. The lowest BCUT2D eigenvalue weighted by atomic mass is 9.79. The Morgan fingerprint density at radius 2 is 1.79 bits per heavy atom. The van der Waals surface area contributed by atoms with Crippen molar-refractivity contribution in [3.63, 3.8) is 0 Å². The number of anilines is 1. The highest BCUT2D eigenvalue weighted by atomic mass is 35.5. The molecule has 0 N–H and O–H groups in total. The summed E-state index contributed by atoms with van der Waals surface area (Å²) >= 11 is 6.39. The molecule has 38 heavy (non-hydrogen) atoms. The van der Waals surface area contributed by atoms with Crippen LogP contribution in [0.1, 0.15) is 41.0 Å². The van der Waals surface area contributed by atoms with Crippen LogP contribution in [0, 0.1) is 5.92 Å². The third-order valence-electron chi connectivity index (χ3n) is 6.07. The number of nitrogens with zero attached hydrogens (tertiary/aromatic N) is 1. The maximum absolute atomic E-state index is 13.4. The van der Waals surface area contributed by atoms with E-state index in [1.165, 1.54) is 31.3 Å². The lowest BCUT2D eigenvalue weighted by molar-refractivity contribution is -0.274. The van der Waals surface area contributed by atoms with E-state index in [1.54, 1.807) is 11.0 Å². The number of esters is 1. The first-order chi connectivity index (χ1) is 17.7. The Morgan fingerprint density at radius 3 is 2.34 bits per heavy atom. The van der Waals surface area contributed by atoms with Gasteiger partial charge in [-0.05, 0) is 56.2 Å². The first-order valence-electron chi connectivity index (χ1n) is 11.8. The van der Waals surface area contributed by atoms with Gasteiger partial charge in [-0.2, -0.15) is 0 Å². The number of fused-ring (bicyclic) bond motifs is 1. The SMILES string of the molecule is CC[C@H](C)/C=C(C)/C=C/C1=CC2=C(Cl)C(=O)[C@](C)(OC(C)=O)C(=O)C2=CN1c1ccc(OC(F)(F)F)cc1. The van der Waals surface area contributed by atoms with Crippen LogP contribution in [0.5, 0.6) is 5.75 Å². The first kappa shape index (κ1) is 29.0. The number of ketones is 2. The van der Waals surface area contributed by atoms with Crippen LogP contribution >= 0.6 is 11.6 Å². The molecular formula is C28H27ClF3NO5.